The first kappa shape index (κ1) is 47.4. The second-order valence-electron chi connectivity index (χ2n) is 17.1. The van der Waals surface area contributed by atoms with Crippen LogP contribution in [0.1, 0.15) is 233 Å². The van der Waals surface area contributed by atoms with Gasteiger partial charge in [-0.3, -0.25) is 4.79 Å². The van der Waals surface area contributed by atoms with Crippen LogP contribution in [0.2, 0.25) is 0 Å². The lowest BCUT2D eigenvalue weighted by molar-refractivity contribution is -0.142. The highest BCUT2D eigenvalue weighted by atomic mass is 16.4. The summed E-state index contributed by atoms with van der Waals surface area (Å²) >= 11 is 0. The summed E-state index contributed by atoms with van der Waals surface area (Å²) in [5.74, 6) is -0.709. The van der Waals surface area contributed by atoms with Crippen molar-refractivity contribution >= 4 is 5.97 Å². The zero-order chi connectivity index (χ0) is 37.0. The van der Waals surface area contributed by atoms with Gasteiger partial charge in [0.1, 0.15) is 5.75 Å². The van der Waals surface area contributed by atoms with E-state index < -0.39 is 5.97 Å². The molecule has 0 aliphatic carbocycles. The third-order valence-corrected chi connectivity index (χ3v) is 10.1. The number of hydrogen-bond acceptors (Lipinski definition) is 3. The highest BCUT2D eigenvalue weighted by Crippen LogP contribution is 2.40. The Labute approximate surface area is 306 Å². The molecule has 1 aromatic carbocycles. The SMILES string of the molecule is CCCCCCCCCCCCCCCCCCC(Cc1cc(C(C)(C)C)c(O)c(C(C)(C)C)c1)C(=O)O.CCCCCCCCCCN. The predicted octanol–water partition coefficient (Wildman–Crippen LogP) is 14.0. The Morgan fingerprint density at radius 3 is 1.16 bits per heavy atom. The highest BCUT2D eigenvalue weighted by Gasteiger charge is 2.28. The third kappa shape index (κ3) is 25.1. The molecule has 0 heterocycles. The molecule has 0 spiro atoms. The fourth-order valence-corrected chi connectivity index (χ4v) is 6.77. The van der Waals surface area contributed by atoms with E-state index in [9.17, 15) is 15.0 Å². The summed E-state index contributed by atoms with van der Waals surface area (Å²) in [6.45, 7) is 18.0. The molecule has 0 aliphatic rings. The van der Waals surface area contributed by atoms with Crippen LogP contribution >= 0.6 is 0 Å². The number of benzene rings is 1. The quantitative estimate of drug-likeness (QED) is 0.0766. The minimum Gasteiger partial charge on any atom is -0.507 e. The van der Waals surface area contributed by atoms with Crippen molar-refractivity contribution < 1.29 is 15.0 Å². The number of phenolic OH excluding ortho intramolecular Hbond substituents is 1. The normalized spacial score (nSPS) is 12.5. The summed E-state index contributed by atoms with van der Waals surface area (Å²) in [5.41, 5.74) is 7.83. The van der Waals surface area contributed by atoms with E-state index in [0.29, 0.717) is 12.2 Å². The Morgan fingerprint density at radius 2 is 0.878 bits per heavy atom. The first-order chi connectivity index (χ1) is 23.3. The zero-order valence-corrected chi connectivity index (χ0v) is 34.2. The van der Waals surface area contributed by atoms with Crippen LogP contribution < -0.4 is 5.73 Å². The van der Waals surface area contributed by atoms with E-state index in [1.54, 1.807) is 0 Å². The van der Waals surface area contributed by atoms with Crippen molar-refractivity contribution in [2.24, 2.45) is 11.7 Å². The molecule has 0 saturated carbocycles. The number of carboxylic acid groups (broad SMARTS) is 1. The fourth-order valence-electron chi connectivity index (χ4n) is 6.77. The molecule has 4 nitrogen and oxygen atoms in total. The van der Waals surface area contributed by atoms with Gasteiger partial charge in [0, 0.05) is 0 Å². The summed E-state index contributed by atoms with van der Waals surface area (Å²) in [4.78, 5) is 12.1. The number of aliphatic carboxylic acids is 1. The third-order valence-electron chi connectivity index (χ3n) is 10.1. The van der Waals surface area contributed by atoms with Crippen LogP contribution in [0.25, 0.3) is 0 Å². The minimum atomic E-state index is -0.700. The van der Waals surface area contributed by atoms with E-state index in [0.717, 1.165) is 42.5 Å². The van der Waals surface area contributed by atoms with Gasteiger partial charge in [-0.05, 0) is 53.3 Å². The standard InChI is InChI=1S/C35H62O3.C10H23N/c1-8-9-10-11-12-13-14-15-16-17-18-19-20-21-22-23-24-29(33(37)38)25-28-26-30(34(2,3)4)32(36)31(27-28)35(5,6)7;1-2-3-4-5-6-7-8-9-10-11/h26-27,29,36H,8-25H2,1-7H3,(H,37,38);2-11H2,1H3. The van der Waals surface area contributed by atoms with Crippen LogP contribution in [0.3, 0.4) is 0 Å². The number of carbonyl (C=O) groups is 1. The molecule has 1 rings (SSSR count). The summed E-state index contributed by atoms with van der Waals surface area (Å²) in [6, 6.07) is 4.07. The smallest absolute Gasteiger partial charge is 0.306 e. The lowest BCUT2D eigenvalue weighted by atomic mass is 9.77. The number of aromatic hydroxyl groups is 1. The molecule has 288 valence electrons. The number of phenols is 1. The van der Waals surface area contributed by atoms with Crippen molar-refractivity contribution in [3.63, 3.8) is 0 Å². The van der Waals surface area contributed by atoms with Gasteiger partial charge >= 0.3 is 5.97 Å². The number of unbranched alkanes of at least 4 members (excludes halogenated alkanes) is 22. The van der Waals surface area contributed by atoms with Crippen molar-refractivity contribution in [3.05, 3.63) is 28.8 Å². The van der Waals surface area contributed by atoms with Gasteiger partial charge in [0.25, 0.3) is 0 Å². The van der Waals surface area contributed by atoms with Gasteiger partial charge in [-0.2, -0.15) is 0 Å². The van der Waals surface area contributed by atoms with Gasteiger partial charge in [-0.25, -0.2) is 0 Å². The average molecular weight is 688 g/mol. The summed E-state index contributed by atoms with van der Waals surface area (Å²) in [6.07, 6.45) is 33.5. The maximum Gasteiger partial charge on any atom is 0.306 e. The van der Waals surface area contributed by atoms with Crippen LogP contribution in [0.5, 0.6) is 5.75 Å². The first-order valence-electron chi connectivity index (χ1n) is 21.1. The van der Waals surface area contributed by atoms with Crippen LogP contribution in [0.4, 0.5) is 0 Å². The van der Waals surface area contributed by atoms with E-state index in [1.807, 2.05) is 12.1 Å². The number of rotatable bonds is 28. The fraction of sp³-hybridized carbons (Fsp3) is 0.844. The Kier molecular flexibility index (Phi) is 28.2. The molecule has 4 N–H and O–H groups in total. The lowest BCUT2D eigenvalue weighted by Gasteiger charge is -2.28. The van der Waals surface area contributed by atoms with Gasteiger partial charge < -0.3 is 15.9 Å². The average Bonchev–Trinajstić information content (AvgIpc) is 3.03. The minimum absolute atomic E-state index is 0.202. The summed E-state index contributed by atoms with van der Waals surface area (Å²) in [5, 5.41) is 20.9. The van der Waals surface area contributed by atoms with Gasteiger partial charge in [-0.1, -0.05) is 215 Å². The number of hydrogen-bond donors (Lipinski definition) is 3. The van der Waals surface area contributed by atoms with E-state index >= 15 is 0 Å². The van der Waals surface area contributed by atoms with Crippen molar-refractivity contribution in [2.45, 2.75) is 233 Å². The molecule has 1 aromatic rings. The van der Waals surface area contributed by atoms with Gasteiger partial charge in [0.15, 0.2) is 0 Å². The molecule has 49 heavy (non-hydrogen) atoms. The molecule has 1 atom stereocenters. The van der Waals surface area contributed by atoms with Crippen molar-refractivity contribution in [1.82, 2.24) is 0 Å². The number of nitrogens with two attached hydrogens (primary N) is 1. The van der Waals surface area contributed by atoms with Gasteiger partial charge in [0.2, 0.25) is 0 Å². The Hall–Kier alpha value is -1.55. The van der Waals surface area contributed by atoms with Crippen molar-refractivity contribution in [2.75, 3.05) is 6.54 Å². The number of carboxylic acids is 1. The Balaban J connectivity index is 0.00000178. The summed E-state index contributed by atoms with van der Waals surface area (Å²) < 4.78 is 0. The van der Waals surface area contributed by atoms with Crippen LogP contribution in [0.15, 0.2) is 12.1 Å². The first-order valence-corrected chi connectivity index (χ1v) is 21.1. The highest BCUT2D eigenvalue weighted by molar-refractivity contribution is 5.70. The topological polar surface area (TPSA) is 83.5 Å². The monoisotopic (exact) mass is 688 g/mol. The van der Waals surface area contributed by atoms with Crippen LogP contribution in [-0.4, -0.2) is 22.7 Å². The molecule has 1 unspecified atom stereocenters. The molecule has 0 radical (unpaired) electrons. The Morgan fingerprint density at radius 1 is 0.571 bits per heavy atom. The molecule has 0 aromatic heterocycles. The van der Waals surface area contributed by atoms with E-state index in [1.165, 1.54) is 141 Å². The molecular formula is C45H85NO3. The molecule has 0 bridgehead atoms. The van der Waals surface area contributed by atoms with Crippen LogP contribution in [-0.2, 0) is 22.0 Å². The van der Waals surface area contributed by atoms with Gasteiger partial charge in [0.05, 0.1) is 5.92 Å². The summed E-state index contributed by atoms with van der Waals surface area (Å²) in [7, 11) is 0. The molecule has 4 heteroatoms. The molecule has 0 amide bonds. The maximum absolute atomic E-state index is 12.1. The van der Waals surface area contributed by atoms with E-state index in [-0.39, 0.29) is 16.7 Å². The zero-order valence-electron chi connectivity index (χ0n) is 34.2. The second-order valence-corrected chi connectivity index (χ2v) is 17.1. The largest absolute Gasteiger partial charge is 0.507 e. The van der Waals surface area contributed by atoms with Gasteiger partial charge in [-0.15, -0.1) is 0 Å². The lowest BCUT2D eigenvalue weighted by Crippen LogP contribution is -2.20. The molecule has 0 fully saturated rings. The molecular weight excluding hydrogens is 602 g/mol. The predicted molar refractivity (Wildman–Crippen MR) is 216 cm³/mol. The Bertz CT molecular complexity index is 883. The van der Waals surface area contributed by atoms with Crippen LogP contribution in [0, 0.1) is 5.92 Å². The maximum atomic E-state index is 12.1. The molecule has 0 aliphatic heterocycles. The van der Waals surface area contributed by atoms with E-state index in [4.69, 9.17) is 5.73 Å². The molecule has 0 saturated heterocycles. The van der Waals surface area contributed by atoms with Crippen molar-refractivity contribution in [3.8, 4) is 5.75 Å². The van der Waals surface area contributed by atoms with Crippen molar-refractivity contribution in [1.29, 1.82) is 0 Å². The second kappa shape index (κ2) is 29.1. The van der Waals surface area contributed by atoms with E-state index in [2.05, 4.69) is 55.4 Å².